The van der Waals surface area contributed by atoms with Crippen molar-refractivity contribution in [2.24, 2.45) is 11.8 Å². The molecular weight excluding hydrogens is 184 g/mol. The van der Waals surface area contributed by atoms with Crippen molar-refractivity contribution in [1.29, 1.82) is 0 Å². The van der Waals surface area contributed by atoms with E-state index in [9.17, 15) is 4.79 Å². The van der Waals surface area contributed by atoms with Crippen LogP contribution < -0.4 is 0 Å². The molecule has 1 nitrogen and oxygen atoms in total. The van der Waals surface area contributed by atoms with Crippen molar-refractivity contribution in [1.82, 2.24) is 0 Å². The molecular formula is C14H20O. The average Bonchev–Trinajstić information content (AvgIpc) is 2.17. The topological polar surface area (TPSA) is 17.1 Å². The summed E-state index contributed by atoms with van der Waals surface area (Å²) in [6, 6.07) is 9.56. The molecule has 0 amide bonds. The van der Waals surface area contributed by atoms with Gasteiger partial charge in [0, 0.05) is 12.0 Å². The van der Waals surface area contributed by atoms with Gasteiger partial charge in [-0.05, 0) is 18.3 Å². The fraction of sp³-hybridized carbons (Fsp3) is 0.500. The van der Waals surface area contributed by atoms with Gasteiger partial charge in [0.2, 0.25) is 0 Å². The van der Waals surface area contributed by atoms with Gasteiger partial charge in [-0.3, -0.25) is 4.79 Å². The molecule has 0 aliphatic rings. The number of hydrogen-bond donors (Lipinski definition) is 0. The molecule has 1 aromatic carbocycles. The number of benzene rings is 1. The Hall–Kier alpha value is -1.11. The molecule has 1 unspecified atom stereocenters. The molecule has 1 heteroatoms. The fourth-order valence-electron chi connectivity index (χ4n) is 1.95. The lowest BCUT2D eigenvalue weighted by Crippen LogP contribution is -2.08. The Bertz CT molecular complexity index is 300. The summed E-state index contributed by atoms with van der Waals surface area (Å²) in [5.74, 6) is 1.42. The van der Waals surface area contributed by atoms with Gasteiger partial charge in [0.15, 0.2) is 5.78 Å². The van der Waals surface area contributed by atoms with Crippen molar-refractivity contribution >= 4 is 5.78 Å². The lowest BCUT2D eigenvalue weighted by molar-refractivity contribution is 0.0960. The first-order valence-corrected chi connectivity index (χ1v) is 5.68. The molecule has 1 aromatic rings. The second kappa shape index (κ2) is 5.69. The molecule has 0 spiro atoms. The van der Waals surface area contributed by atoms with Crippen molar-refractivity contribution in [3.05, 3.63) is 35.9 Å². The average molecular weight is 204 g/mol. The third-order valence-electron chi connectivity index (χ3n) is 2.50. The van der Waals surface area contributed by atoms with E-state index >= 15 is 0 Å². The maximum atomic E-state index is 11.8. The van der Waals surface area contributed by atoms with Crippen LogP contribution in [0.1, 0.15) is 44.0 Å². The number of rotatable bonds is 5. The maximum Gasteiger partial charge on any atom is 0.163 e. The molecule has 0 saturated heterocycles. The molecule has 1 atom stereocenters. The van der Waals surface area contributed by atoms with Crippen LogP contribution in [0.25, 0.3) is 0 Å². The Balaban J connectivity index is 2.49. The van der Waals surface area contributed by atoms with Gasteiger partial charge in [0.1, 0.15) is 0 Å². The molecule has 0 fully saturated rings. The molecule has 1 rings (SSSR count). The summed E-state index contributed by atoms with van der Waals surface area (Å²) in [6.45, 7) is 6.55. The standard InChI is InChI=1S/C14H20O/c1-11(2)9-12(3)10-14(15)13-7-5-4-6-8-13/h4-8,11-12H,9-10H2,1-3H3. The molecule has 0 bridgehead atoms. The second-order valence-electron chi connectivity index (χ2n) is 4.73. The van der Waals surface area contributed by atoms with Gasteiger partial charge in [0.25, 0.3) is 0 Å². The highest BCUT2D eigenvalue weighted by atomic mass is 16.1. The Kier molecular flexibility index (Phi) is 4.54. The SMILES string of the molecule is CC(C)CC(C)CC(=O)c1ccccc1. The molecule has 82 valence electrons. The second-order valence-corrected chi connectivity index (χ2v) is 4.73. The van der Waals surface area contributed by atoms with Gasteiger partial charge < -0.3 is 0 Å². The maximum absolute atomic E-state index is 11.8. The van der Waals surface area contributed by atoms with E-state index in [4.69, 9.17) is 0 Å². The molecule has 15 heavy (non-hydrogen) atoms. The van der Waals surface area contributed by atoms with Gasteiger partial charge in [-0.1, -0.05) is 51.1 Å². The van der Waals surface area contributed by atoms with Crippen molar-refractivity contribution < 1.29 is 4.79 Å². The third-order valence-corrected chi connectivity index (χ3v) is 2.50. The predicted octanol–water partition coefficient (Wildman–Crippen LogP) is 3.94. The lowest BCUT2D eigenvalue weighted by atomic mass is 9.92. The summed E-state index contributed by atoms with van der Waals surface area (Å²) >= 11 is 0. The van der Waals surface area contributed by atoms with Gasteiger partial charge in [0.05, 0.1) is 0 Å². The van der Waals surface area contributed by atoms with Crippen LogP contribution in [0.5, 0.6) is 0 Å². The molecule has 0 heterocycles. The summed E-state index contributed by atoms with van der Waals surface area (Å²) in [4.78, 5) is 11.8. The van der Waals surface area contributed by atoms with E-state index in [-0.39, 0.29) is 5.78 Å². The van der Waals surface area contributed by atoms with E-state index in [0.29, 0.717) is 18.3 Å². The molecule has 0 aromatic heterocycles. The Morgan fingerprint density at radius 1 is 1.13 bits per heavy atom. The highest BCUT2D eigenvalue weighted by molar-refractivity contribution is 5.96. The van der Waals surface area contributed by atoms with E-state index < -0.39 is 0 Å². The van der Waals surface area contributed by atoms with Crippen LogP contribution in [-0.4, -0.2) is 5.78 Å². The van der Waals surface area contributed by atoms with Crippen molar-refractivity contribution in [2.75, 3.05) is 0 Å². The number of carbonyl (C=O) groups excluding carboxylic acids is 1. The molecule has 0 radical (unpaired) electrons. The van der Waals surface area contributed by atoms with E-state index in [2.05, 4.69) is 20.8 Å². The summed E-state index contributed by atoms with van der Waals surface area (Å²) in [7, 11) is 0. The Labute approximate surface area is 92.5 Å². The number of Topliss-reactive ketones (excluding diaryl/α,β-unsaturated/α-hetero) is 1. The van der Waals surface area contributed by atoms with Crippen LogP contribution in [0, 0.1) is 11.8 Å². The van der Waals surface area contributed by atoms with Gasteiger partial charge in [-0.15, -0.1) is 0 Å². The van der Waals surface area contributed by atoms with Crippen LogP contribution >= 0.6 is 0 Å². The van der Waals surface area contributed by atoms with Crippen molar-refractivity contribution in [3.63, 3.8) is 0 Å². The smallest absolute Gasteiger partial charge is 0.163 e. The minimum Gasteiger partial charge on any atom is -0.294 e. The van der Waals surface area contributed by atoms with Crippen LogP contribution in [0.2, 0.25) is 0 Å². The summed E-state index contributed by atoms with van der Waals surface area (Å²) in [5.41, 5.74) is 0.841. The number of carbonyl (C=O) groups is 1. The van der Waals surface area contributed by atoms with Crippen LogP contribution in [0.15, 0.2) is 30.3 Å². The Morgan fingerprint density at radius 3 is 2.27 bits per heavy atom. The van der Waals surface area contributed by atoms with Gasteiger partial charge in [-0.2, -0.15) is 0 Å². The quantitative estimate of drug-likeness (QED) is 0.664. The van der Waals surface area contributed by atoms with Gasteiger partial charge in [-0.25, -0.2) is 0 Å². The first-order valence-electron chi connectivity index (χ1n) is 5.68. The van der Waals surface area contributed by atoms with Gasteiger partial charge >= 0.3 is 0 Å². The third kappa shape index (κ3) is 4.28. The summed E-state index contributed by atoms with van der Waals surface area (Å²) < 4.78 is 0. The highest BCUT2D eigenvalue weighted by Gasteiger charge is 2.11. The first-order chi connectivity index (χ1) is 7.09. The van der Waals surface area contributed by atoms with Crippen LogP contribution in [0.4, 0.5) is 0 Å². The largest absolute Gasteiger partial charge is 0.294 e. The number of hydrogen-bond acceptors (Lipinski definition) is 1. The lowest BCUT2D eigenvalue weighted by Gasteiger charge is -2.12. The minimum absolute atomic E-state index is 0.267. The first kappa shape index (κ1) is 12.0. The van der Waals surface area contributed by atoms with Crippen LogP contribution in [-0.2, 0) is 0 Å². The zero-order valence-corrected chi connectivity index (χ0v) is 9.86. The molecule has 0 saturated carbocycles. The van der Waals surface area contributed by atoms with E-state index in [1.165, 1.54) is 0 Å². The zero-order chi connectivity index (χ0) is 11.3. The summed E-state index contributed by atoms with van der Waals surface area (Å²) in [5, 5.41) is 0. The normalized spacial score (nSPS) is 12.8. The van der Waals surface area contributed by atoms with E-state index in [0.717, 1.165) is 12.0 Å². The highest BCUT2D eigenvalue weighted by Crippen LogP contribution is 2.17. The van der Waals surface area contributed by atoms with E-state index in [1.807, 2.05) is 30.3 Å². The zero-order valence-electron chi connectivity index (χ0n) is 9.86. The molecule has 0 N–H and O–H groups in total. The van der Waals surface area contributed by atoms with Crippen molar-refractivity contribution in [2.45, 2.75) is 33.6 Å². The van der Waals surface area contributed by atoms with E-state index in [1.54, 1.807) is 0 Å². The minimum atomic E-state index is 0.267. The fourth-order valence-corrected chi connectivity index (χ4v) is 1.95. The summed E-state index contributed by atoms with van der Waals surface area (Å²) in [6.07, 6.45) is 1.79. The molecule has 0 aliphatic heterocycles. The number of ketones is 1. The van der Waals surface area contributed by atoms with Crippen LogP contribution in [0.3, 0.4) is 0 Å². The predicted molar refractivity (Wildman–Crippen MR) is 64.0 cm³/mol. The monoisotopic (exact) mass is 204 g/mol. The Morgan fingerprint density at radius 2 is 1.73 bits per heavy atom. The van der Waals surface area contributed by atoms with Crippen molar-refractivity contribution in [3.8, 4) is 0 Å². The molecule has 0 aliphatic carbocycles.